The molecule has 0 bridgehead atoms. The van der Waals surface area contributed by atoms with Gasteiger partial charge in [0.15, 0.2) is 0 Å². The molecule has 0 spiro atoms. The lowest BCUT2D eigenvalue weighted by molar-refractivity contribution is 0.0728. The number of hydrogen-bond acceptors (Lipinski definition) is 5. The Morgan fingerprint density at radius 2 is 1.96 bits per heavy atom. The van der Waals surface area contributed by atoms with Gasteiger partial charge in [0.2, 0.25) is 0 Å². The Bertz CT molecular complexity index is 833. The summed E-state index contributed by atoms with van der Waals surface area (Å²) in [6, 6.07) is 7.32. The summed E-state index contributed by atoms with van der Waals surface area (Å²) in [5.41, 5.74) is 3.82. The summed E-state index contributed by atoms with van der Waals surface area (Å²) in [6.07, 6.45) is 0.755. The molecule has 0 aromatic heterocycles. The zero-order valence-corrected chi connectivity index (χ0v) is 14.6. The van der Waals surface area contributed by atoms with E-state index in [1.165, 1.54) is 18.7 Å². The van der Waals surface area contributed by atoms with Gasteiger partial charge in [-0.05, 0) is 36.6 Å². The molecule has 132 valence electrons. The van der Waals surface area contributed by atoms with E-state index in [4.69, 9.17) is 4.74 Å². The van der Waals surface area contributed by atoms with E-state index in [9.17, 15) is 15.0 Å². The molecule has 3 N–H and O–H groups in total. The Morgan fingerprint density at radius 1 is 1.20 bits per heavy atom. The average Bonchev–Trinajstić information content (AvgIpc) is 2.62. The van der Waals surface area contributed by atoms with E-state index >= 15 is 0 Å². The van der Waals surface area contributed by atoms with Gasteiger partial charge in [0.1, 0.15) is 22.8 Å². The molecule has 0 unspecified atom stereocenters. The number of benzene rings is 2. The lowest BCUT2D eigenvalue weighted by Gasteiger charge is -2.30. The third-order valence-electron chi connectivity index (χ3n) is 4.69. The van der Waals surface area contributed by atoms with Crippen LogP contribution >= 0.6 is 0 Å². The van der Waals surface area contributed by atoms with Crippen LogP contribution in [0, 0.1) is 6.92 Å². The van der Waals surface area contributed by atoms with E-state index < -0.39 is 0 Å². The van der Waals surface area contributed by atoms with E-state index in [1.807, 2.05) is 19.2 Å². The predicted octanol–water partition coefficient (Wildman–Crippen LogP) is 2.66. The Morgan fingerprint density at radius 3 is 2.64 bits per heavy atom. The second-order valence-electron chi connectivity index (χ2n) is 6.16. The topological polar surface area (TPSA) is 82.0 Å². The highest BCUT2D eigenvalue weighted by Crippen LogP contribution is 2.38. The van der Waals surface area contributed by atoms with Gasteiger partial charge in [0.05, 0.1) is 7.11 Å². The fourth-order valence-corrected chi connectivity index (χ4v) is 3.24. The SMILES string of the molecule is CNc1ccc2c(c1)CN(C(=O)c1c(O)cc(O)c(C)c1OC)CC2. The van der Waals surface area contributed by atoms with Gasteiger partial charge in [-0.15, -0.1) is 0 Å². The van der Waals surface area contributed by atoms with Crippen molar-refractivity contribution in [2.24, 2.45) is 0 Å². The van der Waals surface area contributed by atoms with Crippen LogP contribution in [0.4, 0.5) is 5.69 Å². The molecule has 1 heterocycles. The summed E-state index contributed by atoms with van der Waals surface area (Å²) in [5, 5.41) is 23.2. The zero-order chi connectivity index (χ0) is 18.1. The van der Waals surface area contributed by atoms with Crippen molar-refractivity contribution in [1.29, 1.82) is 0 Å². The molecule has 0 saturated heterocycles. The van der Waals surface area contributed by atoms with Crippen LogP contribution in [0.2, 0.25) is 0 Å². The molecular formula is C19H22N2O4. The maximum absolute atomic E-state index is 13.0. The van der Waals surface area contributed by atoms with Gasteiger partial charge in [-0.3, -0.25) is 4.79 Å². The summed E-state index contributed by atoms with van der Waals surface area (Å²) < 4.78 is 5.28. The standard InChI is InChI=1S/C19H22N2O4/c1-11-15(22)9-16(23)17(18(11)25-3)19(24)21-7-6-12-4-5-14(20-2)8-13(12)10-21/h4-5,8-9,20,22-23H,6-7,10H2,1-3H3. The van der Waals surface area contributed by atoms with Crippen molar-refractivity contribution in [2.75, 3.05) is 26.0 Å². The number of amides is 1. The maximum Gasteiger partial charge on any atom is 0.261 e. The molecule has 1 aliphatic heterocycles. The molecule has 2 aromatic carbocycles. The van der Waals surface area contributed by atoms with Crippen molar-refractivity contribution >= 4 is 11.6 Å². The maximum atomic E-state index is 13.0. The van der Waals surface area contributed by atoms with Gasteiger partial charge in [-0.2, -0.15) is 0 Å². The summed E-state index contributed by atoms with van der Waals surface area (Å²) in [6.45, 7) is 2.68. The fourth-order valence-electron chi connectivity index (χ4n) is 3.24. The van der Waals surface area contributed by atoms with E-state index in [0.717, 1.165) is 17.7 Å². The van der Waals surface area contributed by atoms with E-state index in [2.05, 4.69) is 11.4 Å². The summed E-state index contributed by atoms with van der Waals surface area (Å²) >= 11 is 0. The number of anilines is 1. The molecular weight excluding hydrogens is 320 g/mol. The molecule has 6 heteroatoms. The minimum absolute atomic E-state index is 0.0889. The summed E-state index contributed by atoms with van der Waals surface area (Å²) in [4.78, 5) is 14.7. The molecule has 0 radical (unpaired) electrons. The van der Waals surface area contributed by atoms with E-state index in [0.29, 0.717) is 18.7 Å². The minimum Gasteiger partial charge on any atom is -0.507 e. The van der Waals surface area contributed by atoms with Crippen molar-refractivity contribution in [2.45, 2.75) is 19.9 Å². The van der Waals surface area contributed by atoms with Crippen LogP contribution in [-0.4, -0.2) is 41.7 Å². The number of rotatable bonds is 3. The molecule has 3 rings (SSSR count). The van der Waals surface area contributed by atoms with Gasteiger partial charge in [-0.1, -0.05) is 6.07 Å². The van der Waals surface area contributed by atoms with E-state index in [1.54, 1.807) is 11.8 Å². The summed E-state index contributed by atoms with van der Waals surface area (Å²) in [5.74, 6) is -0.483. The molecule has 0 atom stereocenters. The van der Waals surface area contributed by atoms with Gasteiger partial charge < -0.3 is 25.2 Å². The highest BCUT2D eigenvalue weighted by Gasteiger charge is 2.28. The van der Waals surface area contributed by atoms with Crippen LogP contribution < -0.4 is 10.1 Å². The van der Waals surface area contributed by atoms with Crippen LogP contribution in [0.25, 0.3) is 0 Å². The molecule has 6 nitrogen and oxygen atoms in total. The number of methoxy groups -OCH3 is 1. The zero-order valence-electron chi connectivity index (χ0n) is 14.6. The molecule has 0 aliphatic carbocycles. The first-order valence-corrected chi connectivity index (χ1v) is 8.14. The van der Waals surface area contributed by atoms with Crippen LogP contribution in [0.3, 0.4) is 0 Å². The number of ether oxygens (including phenoxy) is 1. The smallest absolute Gasteiger partial charge is 0.261 e. The van der Waals surface area contributed by atoms with Crippen molar-refractivity contribution in [3.05, 3.63) is 46.5 Å². The number of fused-ring (bicyclic) bond motifs is 1. The van der Waals surface area contributed by atoms with Gasteiger partial charge in [0.25, 0.3) is 5.91 Å². The van der Waals surface area contributed by atoms with Crippen LogP contribution in [0.15, 0.2) is 24.3 Å². The van der Waals surface area contributed by atoms with Crippen molar-refractivity contribution in [1.82, 2.24) is 4.90 Å². The number of phenols is 2. The predicted molar refractivity (Wildman–Crippen MR) is 95.5 cm³/mol. The number of nitrogens with one attached hydrogen (secondary N) is 1. The third-order valence-corrected chi connectivity index (χ3v) is 4.69. The molecule has 1 amide bonds. The quantitative estimate of drug-likeness (QED) is 0.799. The van der Waals surface area contributed by atoms with Crippen molar-refractivity contribution in [3.63, 3.8) is 0 Å². The Balaban J connectivity index is 1.96. The summed E-state index contributed by atoms with van der Waals surface area (Å²) in [7, 11) is 3.28. The van der Waals surface area contributed by atoms with E-state index in [-0.39, 0.29) is 28.7 Å². The number of nitrogens with zero attached hydrogens (tertiary/aromatic N) is 1. The molecule has 1 aliphatic rings. The number of carbonyl (C=O) groups excluding carboxylic acids is 1. The number of phenolic OH excluding ortho intramolecular Hbond substituents is 2. The number of hydrogen-bond donors (Lipinski definition) is 3. The highest BCUT2D eigenvalue weighted by molar-refractivity contribution is 6.00. The fraction of sp³-hybridized carbons (Fsp3) is 0.316. The van der Waals surface area contributed by atoms with Gasteiger partial charge in [-0.25, -0.2) is 0 Å². The van der Waals surface area contributed by atoms with Crippen molar-refractivity contribution < 1.29 is 19.7 Å². The highest BCUT2D eigenvalue weighted by atomic mass is 16.5. The monoisotopic (exact) mass is 342 g/mol. The Kier molecular flexibility index (Phi) is 4.44. The van der Waals surface area contributed by atoms with Crippen molar-refractivity contribution in [3.8, 4) is 17.2 Å². The number of aromatic hydroxyl groups is 2. The Labute approximate surface area is 146 Å². The van der Waals surface area contributed by atoms with Crippen LogP contribution in [0.1, 0.15) is 27.0 Å². The molecule has 0 saturated carbocycles. The average molecular weight is 342 g/mol. The molecule has 0 fully saturated rings. The third kappa shape index (κ3) is 2.95. The van der Waals surface area contributed by atoms with Gasteiger partial charge in [0, 0.05) is 37.5 Å². The lowest BCUT2D eigenvalue weighted by atomic mass is 9.97. The van der Waals surface area contributed by atoms with Gasteiger partial charge >= 0.3 is 0 Å². The largest absolute Gasteiger partial charge is 0.507 e. The first kappa shape index (κ1) is 17.0. The normalized spacial score (nSPS) is 13.3. The first-order valence-electron chi connectivity index (χ1n) is 8.14. The van der Waals surface area contributed by atoms with Crippen LogP contribution in [-0.2, 0) is 13.0 Å². The number of carbonyl (C=O) groups is 1. The second kappa shape index (κ2) is 6.55. The molecule has 2 aromatic rings. The second-order valence-corrected chi connectivity index (χ2v) is 6.16. The Hall–Kier alpha value is -2.89. The molecule has 25 heavy (non-hydrogen) atoms. The lowest BCUT2D eigenvalue weighted by Crippen LogP contribution is -2.36. The van der Waals surface area contributed by atoms with Crippen LogP contribution in [0.5, 0.6) is 17.2 Å². The minimum atomic E-state index is -0.307. The first-order chi connectivity index (χ1) is 12.0.